The standard InChI is InChI=1S/C29H35NO/c1-20(2)18-26(24-10-12-25(13-11-24)28(30)31)19-21-6-8-22(9-7-21)23-14-16-27(17-15-23)29(3,4)5/h6-17,20,26H,18-19H2,1-5H3,(H2,30,31). The van der Waals surface area contributed by atoms with Crippen LogP contribution in [0.5, 0.6) is 0 Å². The molecule has 0 aliphatic heterocycles. The van der Waals surface area contributed by atoms with Crippen molar-refractivity contribution in [1.82, 2.24) is 0 Å². The Bertz CT molecular complexity index is 991. The molecule has 0 heterocycles. The molecule has 0 aliphatic rings. The lowest BCUT2D eigenvalue weighted by atomic mass is 9.84. The summed E-state index contributed by atoms with van der Waals surface area (Å²) in [6.07, 6.45) is 2.09. The summed E-state index contributed by atoms with van der Waals surface area (Å²) in [6, 6.07) is 25.6. The van der Waals surface area contributed by atoms with Crippen molar-refractivity contribution in [2.45, 2.75) is 58.8 Å². The maximum Gasteiger partial charge on any atom is 0.248 e. The first-order chi connectivity index (χ1) is 14.6. The van der Waals surface area contributed by atoms with Crippen molar-refractivity contribution in [3.05, 3.63) is 95.1 Å². The molecule has 2 N–H and O–H groups in total. The Morgan fingerprint density at radius 2 is 1.32 bits per heavy atom. The first-order valence-corrected chi connectivity index (χ1v) is 11.2. The average molecular weight is 414 g/mol. The Labute approximate surface area is 187 Å². The molecule has 31 heavy (non-hydrogen) atoms. The number of carbonyl (C=O) groups is 1. The fraction of sp³-hybridized carbons (Fsp3) is 0.345. The van der Waals surface area contributed by atoms with Crippen molar-refractivity contribution in [2.75, 3.05) is 0 Å². The van der Waals surface area contributed by atoms with Crippen LogP contribution in [0.25, 0.3) is 11.1 Å². The predicted octanol–water partition coefficient (Wildman–Crippen LogP) is 7.12. The van der Waals surface area contributed by atoms with E-state index in [9.17, 15) is 4.79 Å². The largest absolute Gasteiger partial charge is 0.366 e. The van der Waals surface area contributed by atoms with Crippen molar-refractivity contribution in [3.63, 3.8) is 0 Å². The Balaban J connectivity index is 1.77. The number of hydrogen-bond donors (Lipinski definition) is 1. The summed E-state index contributed by atoms with van der Waals surface area (Å²) in [5.74, 6) is 0.637. The van der Waals surface area contributed by atoms with Gasteiger partial charge in [-0.2, -0.15) is 0 Å². The molecule has 3 rings (SSSR count). The van der Waals surface area contributed by atoms with Crippen LogP contribution in [-0.4, -0.2) is 5.91 Å². The molecule has 0 fully saturated rings. The summed E-state index contributed by atoms with van der Waals surface area (Å²) in [7, 11) is 0. The number of primary amides is 1. The highest BCUT2D eigenvalue weighted by atomic mass is 16.1. The summed E-state index contributed by atoms with van der Waals surface area (Å²) in [5.41, 5.74) is 12.6. The number of rotatable bonds is 7. The minimum atomic E-state index is -0.377. The fourth-order valence-electron chi connectivity index (χ4n) is 4.11. The van der Waals surface area contributed by atoms with E-state index in [-0.39, 0.29) is 11.3 Å². The second-order valence-corrected chi connectivity index (χ2v) is 10.0. The van der Waals surface area contributed by atoms with Crippen LogP contribution >= 0.6 is 0 Å². The maximum atomic E-state index is 11.4. The Hall–Kier alpha value is -2.87. The molecule has 3 aromatic carbocycles. The zero-order valence-corrected chi connectivity index (χ0v) is 19.5. The van der Waals surface area contributed by atoms with Crippen LogP contribution in [0.2, 0.25) is 0 Å². The van der Waals surface area contributed by atoms with Crippen molar-refractivity contribution in [3.8, 4) is 11.1 Å². The number of benzene rings is 3. The smallest absolute Gasteiger partial charge is 0.248 e. The fourth-order valence-corrected chi connectivity index (χ4v) is 4.11. The van der Waals surface area contributed by atoms with Crippen molar-refractivity contribution in [2.24, 2.45) is 11.7 Å². The van der Waals surface area contributed by atoms with E-state index in [1.54, 1.807) is 0 Å². The zero-order chi connectivity index (χ0) is 22.6. The molecule has 162 valence electrons. The molecular weight excluding hydrogens is 378 g/mol. The minimum absolute atomic E-state index is 0.170. The van der Waals surface area contributed by atoms with E-state index in [2.05, 4.69) is 95.3 Å². The van der Waals surface area contributed by atoms with Gasteiger partial charge in [0.1, 0.15) is 0 Å². The maximum absolute atomic E-state index is 11.4. The van der Waals surface area contributed by atoms with Gasteiger partial charge in [-0.15, -0.1) is 0 Å². The number of carbonyl (C=O) groups excluding carboxylic acids is 1. The van der Waals surface area contributed by atoms with Gasteiger partial charge in [-0.25, -0.2) is 0 Å². The number of amides is 1. The first kappa shape index (κ1) is 22.8. The molecule has 1 unspecified atom stereocenters. The molecule has 0 aliphatic carbocycles. The van der Waals surface area contributed by atoms with E-state index < -0.39 is 0 Å². The topological polar surface area (TPSA) is 43.1 Å². The lowest BCUT2D eigenvalue weighted by molar-refractivity contribution is 0.1000. The van der Waals surface area contributed by atoms with Gasteiger partial charge in [-0.3, -0.25) is 4.79 Å². The van der Waals surface area contributed by atoms with Crippen LogP contribution < -0.4 is 5.73 Å². The quantitative estimate of drug-likeness (QED) is 0.440. The van der Waals surface area contributed by atoms with Gasteiger partial charge in [0.05, 0.1) is 0 Å². The zero-order valence-electron chi connectivity index (χ0n) is 19.5. The minimum Gasteiger partial charge on any atom is -0.366 e. The van der Waals surface area contributed by atoms with Gasteiger partial charge < -0.3 is 5.73 Å². The lowest BCUT2D eigenvalue weighted by Gasteiger charge is -2.20. The van der Waals surface area contributed by atoms with Crippen LogP contribution in [0.4, 0.5) is 0 Å². The Morgan fingerprint density at radius 3 is 1.77 bits per heavy atom. The molecule has 2 nitrogen and oxygen atoms in total. The highest BCUT2D eigenvalue weighted by Crippen LogP contribution is 2.30. The second-order valence-electron chi connectivity index (χ2n) is 10.0. The van der Waals surface area contributed by atoms with Crippen molar-refractivity contribution in [1.29, 1.82) is 0 Å². The lowest BCUT2D eigenvalue weighted by Crippen LogP contribution is -2.12. The highest BCUT2D eigenvalue weighted by Gasteiger charge is 2.16. The van der Waals surface area contributed by atoms with Crippen LogP contribution in [0, 0.1) is 5.92 Å². The summed E-state index contributed by atoms with van der Waals surface area (Å²) in [6.45, 7) is 11.2. The molecule has 1 amide bonds. The average Bonchev–Trinajstić information content (AvgIpc) is 2.73. The van der Waals surface area contributed by atoms with Gasteiger partial charge in [0.15, 0.2) is 0 Å². The van der Waals surface area contributed by atoms with E-state index in [1.807, 2.05) is 12.1 Å². The summed E-state index contributed by atoms with van der Waals surface area (Å²) >= 11 is 0. The summed E-state index contributed by atoms with van der Waals surface area (Å²) in [5, 5.41) is 0. The van der Waals surface area contributed by atoms with Crippen LogP contribution in [0.15, 0.2) is 72.8 Å². The molecule has 0 bridgehead atoms. The molecular formula is C29H35NO. The van der Waals surface area contributed by atoms with E-state index in [0.717, 1.165) is 12.8 Å². The second kappa shape index (κ2) is 9.51. The van der Waals surface area contributed by atoms with E-state index in [1.165, 1.54) is 27.8 Å². The number of nitrogens with two attached hydrogens (primary N) is 1. The molecule has 0 aromatic heterocycles. The van der Waals surface area contributed by atoms with Crippen molar-refractivity contribution >= 4 is 5.91 Å². The van der Waals surface area contributed by atoms with E-state index >= 15 is 0 Å². The Kier molecular flexibility index (Phi) is 7.00. The molecule has 0 saturated carbocycles. The van der Waals surface area contributed by atoms with Gasteiger partial charge in [-0.1, -0.05) is 95.3 Å². The predicted molar refractivity (Wildman–Crippen MR) is 131 cm³/mol. The Morgan fingerprint density at radius 1 is 0.806 bits per heavy atom. The molecule has 0 radical (unpaired) electrons. The van der Waals surface area contributed by atoms with Gasteiger partial charge >= 0.3 is 0 Å². The third kappa shape index (κ3) is 6.07. The van der Waals surface area contributed by atoms with Crippen LogP contribution in [-0.2, 0) is 11.8 Å². The first-order valence-electron chi connectivity index (χ1n) is 11.2. The summed E-state index contributed by atoms with van der Waals surface area (Å²) in [4.78, 5) is 11.4. The van der Waals surface area contributed by atoms with E-state index in [4.69, 9.17) is 5.73 Å². The third-order valence-electron chi connectivity index (χ3n) is 5.94. The monoisotopic (exact) mass is 413 g/mol. The van der Waals surface area contributed by atoms with Gasteiger partial charge in [0, 0.05) is 5.56 Å². The molecule has 2 heteroatoms. The van der Waals surface area contributed by atoms with Gasteiger partial charge in [-0.05, 0) is 70.0 Å². The summed E-state index contributed by atoms with van der Waals surface area (Å²) < 4.78 is 0. The van der Waals surface area contributed by atoms with Crippen LogP contribution in [0.3, 0.4) is 0 Å². The van der Waals surface area contributed by atoms with Gasteiger partial charge in [0.25, 0.3) is 0 Å². The van der Waals surface area contributed by atoms with Gasteiger partial charge in [0.2, 0.25) is 5.91 Å². The van der Waals surface area contributed by atoms with Crippen molar-refractivity contribution < 1.29 is 4.79 Å². The van der Waals surface area contributed by atoms with Crippen LogP contribution in [0.1, 0.15) is 74.0 Å². The third-order valence-corrected chi connectivity index (χ3v) is 5.94. The SMILES string of the molecule is CC(C)CC(Cc1ccc(-c2ccc(C(C)(C)C)cc2)cc1)c1ccc(C(N)=O)cc1. The number of hydrogen-bond acceptors (Lipinski definition) is 1. The molecule has 0 spiro atoms. The van der Waals surface area contributed by atoms with E-state index in [0.29, 0.717) is 17.4 Å². The molecule has 1 atom stereocenters. The normalized spacial score (nSPS) is 12.7. The molecule has 3 aromatic rings. The molecule has 0 saturated heterocycles. The highest BCUT2D eigenvalue weighted by molar-refractivity contribution is 5.92.